The van der Waals surface area contributed by atoms with Crippen LogP contribution in [0, 0.1) is 5.92 Å². The third-order valence-electron chi connectivity index (χ3n) is 7.11. The van der Waals surface area contributed by atoms with Crippen LogP contribution in [0.25, 0.3) is 0 Å². The Hall–Kier alpha value is -5.02. The molecule has 2 aromatic rings. The first kappa shape index (κ1) is 38.2. The summed E-state index contributed by atoms with van der Waals surface area (Å²) in [5.41, 5.74) is 12.7. The van der Waals surface area contributed by atoms with Gasteiger partial charge in [0.05, 0.1) is 12.6 Å². The Morgan fingerprint density at radius 2 is 1.21 bits per heavy atom. The Balaban J connectivity index is 2.21. The standard InChI is InChI=1S/C32H44N6O9/c1-18(2)14-24(30(45)35-23(28(34)43)12-13-27(41)42)36-31(46)25(16-19-6-4-3-5-7-19)37-32(47)26(17-39)38-29(44)22(33)15-20-8-10-21(40)11-9-20/h3-11,18,22-26,39-40H,12-17,33H2,1-2H3,(H2,34,43)(H,35,45)(H,36,46)(H,37,47)(H,38,44)(H,41,42). The molecule has 0 heterocycles. The van der Waals surface area contributed by atoms with Gasteiger partial charge in [-0.2, -0.15) is 0 Å². The first-order valence-electron chi connectivity index (χ1n) is 15.1. The van der Waals surface area contributed by atoms with E-state index >= 15 is 0 Å². The van der Waals surface area contributed by atoms with Crippen LogP contribution < -0.4 is 32.7 Å². The van der Waals surface area contributed by atoms with Gasteiger partial charge in [-0.05, 0) is 48.4 Å². The van der Waals surface area contributed by atoms with Crippen LogP contribution in [0.5, 0.6) is 5.75 Å². The summed E-state index contributed by atoms with van der Waals surface area (Å²) in [6, 6.07) is 8.39. The molecule has 0 radical (unpaired) electrons. The van der Waals surface area contributed by atoms with E-state index < -0.39 is 78.7 Å². The number of aliphatic hydroxyl groups excluding tert-OH is 1. The molecule has 5 unspecified atom stereocenters. The molecule has 5 amide bonds. The lowest BCUT2D eigenvalue weighted by Gasteiger charge is -2.27. The summed E-state index contributed by atoms with van der Waals surface area (Å²) in [6.07, 6.45) is -0.494. The monoisotopic (exact) mass is 656 g/mol. The number of carboxylic acids is 1. The number of hydrogen-bond donors (Lipinski definition) is 9. The molecule has 2 rings (SSSR count). The lowest BCUT2D eigenvalue weighted by atomic mass is 10.00. The van der Waals surface area contributed by atoms with Crippen molar-refractivity contribution in [3.8, 4) is 5.75 Å². The molecule has 5 atom stereocenters. The zero-order valence-electron chi connectivity index (χ0n) is 26.3. The summed E-state index contributed by atoms with van der Waals surface area (Å²) >= 11 is 0. The van der Waals surface area contributed by atoms with Gasteiger partial charge in [-0.1, -0.05) is 56.3 Å². The zero-order valence-corrected chi connectivity index (χ0v) is 26.3. The van der Waals surface area contributed by atoms with Crippen molar-refractivity contribution in [2.24, 2.45) is 17.4 Å². The Labute approximate surface area is 272 Å². The maximum Gasteiger partial charge on any atom is 0.303 e. The normalized spacial score (nSPS) is 14.1. The van der Waals surface area contributed by atoms with Crippen molar-refractivity contribution in [2.45, 2.75) is 76.2 Å². The molecule has 0 spiro atoms. The second-order valence-electron chi connectivity index (χ2n) is 11.6. The van der Waals surface area contributed by atoms with Gasteiger partial charge in [0.25, 0.3) is 0 Å². The van der Waals surface area contributed by atoms with E-state index in [1.807, 2.05) is 0 Å². The van der Waals surface area contributed by atoms with Gasteiger partial charge in [0.1, 0.15) is 29.9 Å². The van der Waals surface area contributed by atoms with E-state index in [1.54, 1.807) is 56.3 Å². The second-order valence-corrected chi connectivity index (χ2v) is 11.6. The van der Waals surface area contributed by atoms with Crippen molar-refractivity contribution in [2.75, 3.05) is 6.61 Å². The predicted octanol–water partition coefficient (Wildman–Crippen LogP) is -1.17. The van der Waals surface area contributed by atoms with Crippen LogP contribution in [0.2, 0.25) is 0 Å². The summed E-state index contributed by atoms with van der Waals surface area (Å²) in [6.45, 7) is 2.78. The molecule has 0 aliphatic heterocycles. The smallest absolute Gasteiger partial charge is 0.303 e. The van der Waals surface area contributed by atoms with Gasteiger partial charge in [-0.15, -0.1) is 0 Å². The fourth-order valence-corrected chi connectivity index (χ4v) is 4.58. The fourth-order valence-electron chi connectivity index (χ4n) is 4.58. The minimum absolute atomic E-state index is 0.0244. The molecule has 15 heteroatoms. The van der Waals surface area contributed by atoms with Crippen LogP contribution in [0.3, 0.4) is 0 Å². The Bertz CT molecular complexity index is 1370. The molecule has 47 heavy (non-hydrogen) atoms. The molecule has 15 nitrogen and oxygen atoms in total. The highest BCUT2D eigenvalue weighted by Gasteiger charge is 2.32. The van der Waals surface area contributed by atoms with Crippen molar-refractivity contribution >= 4 is 35.5 Å². The largest absolute Gasteiger partial charge is 0.508 e. The number of aliphatic hydroxyl groups is 1. The number of primary amides is 1. The number of aromatic hydroxyl groups is 1. The third kappa shape index (κ3) is 13.5. The third-order valence-corrected chi connectivity index (χ3v) is 7.11. The summed E-state index contributed by atoms with van der Waals surface area (Å²) in [4.78, 5) is 75.7. The average molecular weight is 657 g/mol. The molecule has 0 saturated carbocycles. The van der Waals surface area contributed by atoms with E-state index in [1.165, 1.54) is 12.1 Å². The number of rotatable bonds is 19. The molecule has 0 fully saturated rings. The van der Waals surface area contributed by atoms with Crippen molar-refractivity contribution < 1.29 is 44.1 Å². The second kappa shape index (κ2) is 18.8. The number of phenolic OH excluding ortho intramolecular Hbond substituents is 1. The van der Waals surface area contributed by atoms with E-state index in [2.05, 4.69) is 21.3 Å². The van der Waals surface area contributed by atoms with Crippen LogP contribution in [-0.4, -0.2) is 87.6 Å². The van der Waals surface area contributed by atoms with Crippen LogP contribution >= 0.6 is 0 Å². The molecule has 0 aliphatic rings. The van der Waals surface area contributed by atoms with Gasteiger partial charge in [0.15, 0.2) is 0 Å². The molecule has 0 bridgehead atoms. The summed E-state index contributed by atoms with van der Waals surface area (Å²) in [5, 5.41) is 38.3. The lowest BCUT2D eigenvalue weighted by Crippen LogP contribution is -2.60. The number of carbonyl (C=O) groups excluding carboxylic acids is 5. The SMILES string of the molecule is CC(C)CC(NC(=O)C(Cc1ccccc1)NC(=O)C(CO)NC(=O)C(N)Cc1ccc(O)cc1)C(=O)NC(CCC(=O)O)C(N)=O. The molecule has 0 aromatic heterocycles. The highest BCUT2D eigenvalue weighted by atomic mass is 16.4. The number of nitrogens with one attached hydrogen (secondary N) is 4. The Morgan fingerprint density at radius 3 is 1.77 bits per heavy atom. The maximum absolute atomic E-state index is 13.6. The fraction of sp³-hybridized carbons (Fsp3) is 0.438. The first-order chi connectivity index (χ1) is 22.2. The molecule has 2 aromatic carbocycles. The zero-order chi connectivity index (χ0) is 35.1. The minimum Gasteiger partial charge on any atom is -0.508 e. The lowest BCUT2D eigenvalue weighted by molar-refractivity contribution is -0.138. The van der Waals surface area contributed by atoms with Crippen LogP contribution in [-0.2, 0) is 41.6 Å². The first-order valence-corrected chi connectivity index (χ1v) is 15.1. The van der Waals surface area contributed by atoms with Crippen LogP contribution in [0.1, 0.15) is 44.2 Å². The van der Waals surface area contributed by atoms with Gasteiger partial charge >= 0.3 is 5.97 Å². The van der Waals surface area contributed by atoms with Gasteiger partial charge in [0, 0.05) is 12.8 Å². The maximum atomic E-state index is 13.6. The number of aliphatic carboxylic acids is 1. The van der Waals surface area contributed by atoms with E-state index in [0.717, 1.165) is 0 Å². The predicted molar refractivity (Wildman–Crippen MR) is 170 cm³/mol. The Morgan fingerprint density at radius 1 is 0.702 bits per heavy atom. The Kier molecular flexibility index (Phi) is 15.3. The number of nitrogens with two attached hydrogens (primary N) is 2. The topological polar surface area (TPSA) is 263 Å². The number of carbonyl (C=O) groups is 6. The van der Waals surface area contributed by atoms with Crippen molar-refractivity contribution in [1.82, 2.24) is 21.3 Å². The summed E-state index contributed by atoms with van der Waals surface area (Å²) in [5.74, 6) is -5.36. The van der Waals surface area contributed by atoms with Gasteiger partial charge in [-0.25, -0.2) is 0 Å². The van der Waals surface area contributed by atoms with Crippen molar-refractivity contribution in [3.05, 3.63) is 65.7 Å². The van der Waals surface area contributed by atoms with E-state index in [4.69, 9.17) is 16.6 Å². The molecule has 0 saturated heterocycles. The van der Waals surface area contributed by atoms with Crippen LogP contribution in [0.15, 0.2) is 54.6 Å². The van der Waals surface area contributed by atoms with E-state index in [9.17, 15) is 39.0 Å². The van der Waals surface area contributed by atoms with Gasteiger partial charge in [-0.3, -0.25) is 28.8 Å². The number of hydrogen-bond acceptors (Lipinski definition) is 9. The number of carboxylic acid groups (broad SMARTS) is 1. The van der Waals surface area contributed by atoms with Crippen molar-refractivity contribution in [3.63, 3.8) is 0 Å². The van der Waals surface area contributed by atoms with Crippen LogP contribution in [0.4, 0.5) is 0 Å². The highest BCUT2D eigenvalue weighted by Crippen LogP contribution is 2.12. The van der Waals surface area contributed by atoms with Crippen molar-refractivity contribution in [1.29, 1.82) is 0 Å². The number of phenols is 1. The minimum atomic E-state index is -1.47. The number of amides is 5. The highest BCUT2D eigenvalue weighted by molar-refractivity contribution is 5.96. The van der Waals surface area contributed by atoms with Gasteiger partial charge < -0.3 is 48.1 Å². The quantitative estimate of drug-likeness (QED) is 0.0875. The summed E-state index contributed by atoms with van der Waals surface area (Å²) < 4.78 is 0. The van der Waals surface area contributed by atoms with E-state index in [-0.39, 0.29) is 37.4 Å². The van der Waals surface area contributed by atoms with Gasteiger partial charge in [0.2, 0.25) is 29.5 Å². The molecule has 0 aliphatic carbocycles. The summed E-state index contributed by atoms with van der Waals surface area (Å²) in [7, 11) is 0. The number of benzene rings is 2. The molecular formula is C32H44N6O9. The molecule has 11 N–H and O–H groups in total. The average Bonchev–Trinajstić information content (AvgIpc) is 3.01. The molecule has 256 valence electrons. The van der Waals surface area contributed by atoms with E-state index in [0.29, 0.717) is 11.1 Å². The molecular weight excluding hydrogens is 612 g/mol.